The van der Waals surface area contributed by atoms with Crippen molar-refractivity contribution in [2.75, 3.05) is 11.4 Å². The fraction of sp³-hybridized carbons (Fsp3) is 0.350. The van der Waals surface area contributed by atoms with E-state index in [0.29, 0.717) is 5.92 Å². The fourth-order valence-electron chi connectivity index (χ4n) is 2.97. The average molecular weight is 309 g/mol. The number of benzene rings is 2. The van der Waals surface area contributed by atoms with Gasteiger partial charge in [-0.05, 0) is 48.6 Å². The number of hydrogen-bond donors (Lipinski definition) is 0. The molecule has 0 fully saturated rings. The van der Waals surface area contributed by atoms with Crippen molar-refractivity contribution in [3.05, 3.63) is 59.7 Å². The predicted octanol–water partition coefficient (Wildman–Crippen LogP) is 4.17. The number of fused-ring (bicyclic) bond motifs is 1. The maximum Gasteiger partial charge on any atom is 0.267 e. The number of hydrogen-bond acceptors (Lipinski definition) is 2. The molecule has 3 heteroatoms. The summed E-state index contributed by atoms with van der Waals surface area (Å²) in [5.74, 6) is 1.25. The summed E-state index contributed by atoms with van der Waals surface area (Å²) in [4.78, 5) is 14.5. The van der Waals surface area contributed by atoms with Crippen LogP contribution in [-0.2, 0) is 11.2 Å². The molecule has 1 heterocycles. The van der Waals surface area contributed by atoms with Gasteiger partial charge in [-0.15, -0.1) is 0 Å². The largest absolute Gasteiger partial charge is 0.481 e. The van der Waals surface area contributed by atoms with Crippen LogP contribution in [0.15, 0.2) is 48.5 Å². The zero-order valence-electron chi connectivity index (χ0n) is 14.0. The minimum Gasteiger partial charge on any atom is -0.481 e. The van der Waals surface area contributed by atoms with Crippen LogP contribution in [0.25, 0.3) is 0 Å². The Labute approximate surface area is 137 Å². The second-order valence-electron chi connectivity index (χ2n) is 6.35. The topological polar surface area (TPSA) is 29.5 Å². The summed E-state index contributed by atoms with van der Waals surface area (Å²) in [5.41, 5.74) is 3.52. The van der Waals surface area contributed by atoms with Gasteiger partial charge in [-0.25, -0.2) is 0 Å². The molecule has 23 heavy (non-hydrogen) atoms. The molecule has 1 aliphatic rings. The van der Waals surface area contributed by atoms with Crippen LogP contribution in [0.1, 0.15) is 37.8 Å². The zero-order valence-corrected chi connectivity index (χ0v) is 14.0. The Morgan fingerprint density at radius 2 is 1.74 bits per heavy atom. The van der Waals surface area contributed by atoms with E-state index in [1.165, 1.54) is 11.1 Å². The molecule has 120 valence electrons. The lowest BCUT2D eigenvalue weighted by Gasteiger charge is -2.22. The van der Waals surface area contributed by atoms with Crippen molar-refractivity contribution in [1.29, 1.82) is 0 Å². The number of ether oxygens (including phenoxy) is 1. The highest BCUT2D eigenvalue weighted by Gasteiger charge is 2.28. The molecular formula is C20H23NO2. The second-order valence-corrected chi connectivity index (χ2v) is 6.35. The van der Waals surface area contributed by atoms with Crippen molar-refractivity contribution in [1.82, 2.24) is 0 Å². The Bertz CT molecular complexity index is 691. The van der Waals surface area contributed by atoms with Crippen molar-refractivity contribution in [2.45, 2.75) is 39.2 Å². The highest BCUT2D eigenvalue weighted by molar-refractivity contribution is 5.98. The van der Waals surface area contributed by atoms with Gasteiger partial charge in [0, 0.05) is 12.2 Å². The first-order valence-corrected chi connectivity index (χ1v) is 8.22. The first-order chi connectivity index (χ1) is 11.1. The number of carbonyl (C=O) groups is 1. The Morgan fingerprint density at radius 3 is 2.43 bits per heavy atom. The summed E-state index contributed by atoms with van der Waals surface area (Å²) in [5, 5.41) is 0. The summed E-state index contributed by atoms with van der Waals surface area (Å²) >= 11 is 0. The van der Waals surface area contributed by atoms with Crippen LogP contribution in [-0.4, -0.2) is 18.6 Å². The summed E-state index contributed by atoms with van der Waals surface area (Å²) in [6, 6.07) is 16.1. The van der Waals surface area contributed by atoms with E-state index >= 15 is 0 Å². The van der Waals surface area contributed by atoms with E-state index in [0.717, 1.165) is 24.4 Å². The van der Waals surface area contributed by atoms with E-state index in [9.17, 15) is 4.79 Å². The van der Waals surface area contributed by atoms with E-state index in [2.05, 4.69) is 32.0 Å². The molecule has 3 rings (SSSR count). The van der Waals surface area contributed by atoms with E-state index < -0.39 is 6.10 Å². The smallest absolute Gasteiger partial charge is 0.267 e. The highest BCUT2D eigenvalue weighted by atomic mass is 16.5. The SMILES string of the molecule is CC(Oc1ccc(C(C)C)cc1)C(=O)N1CCc2ccccc21. The first-order valence-electron chi connectivity index (χ1n) is 8.22. The molecule has 1 atom stereocenters. The van der Waals surface area contributed by atoms with Gasteiger partial charge in [0.1, 0.15) is 5.75 Å². The van der Waals surface area contributed by atoms with Crippen LogP contribution >= 0.6 is 0 Å². The molecule has 0 aromatic heterocycles. The number of carbonyl (C=O) groups excluding carboxylic acids is 1. The number of nitrogens with zero attached hydrogens (tertiary/aromatic N) is 1. The third-order valence-electron chi connectivity index (χ3n) is 4.36. The summed E-state index contributed by atoms with van der Waals surface area (Å²) in [6.45, 7) is 6.87. The summed E-state index contributed by atoms with van der Waals surface area (Å²) in [7, 11) is 0. The monoisotopic (exact) mass is 309 g/mol. The van der Waals surface area contributed by atoms with Gasteiger partial charge in [-0.3, -0.25) is 4.79 Å². The van der Waals surface area contributed by atoms with Gasteiger partial charge < -0.3 is 9.64 Å². The van der Waals surface area contributed by atoms with Gasteiger partial charge in [0.05, 0.1) is 0 Å². The van der Waals surface area contributed by atoms with E-state index in [4.69, 9.17) is 4.74 Å². The molecule has 1 amide bonds. The summed E-state index contributed by atoms with van der Waals surface area (Å²) < 4.78 is 5.85. The van der Waals surface area contributed by atoms with Crippen LogP contribution in [0.5, 0.6) is 5.75 Å². The number of rotatable bonds is 4. The minimum atomic E-state index is -0.494. The second kappa shape index (κ2) is 6.45. The van der Waals surface area contributed by atoms with Crippen molar-refractivity contribution < 1.29 is 9.53 Å². The van der Waals surface area contributed by atoms with Gasteiger partial charge in [0.15, 0.2) is 6.10 Å². The predicted molar refractivity (Wildman–Crippen MR) is 93.1 cm³/mol. The number of anilines is 1. The lowest BCUT2D eigenvalue weighted by molar-refractivity contribution is -0.124. The molecular weight excluding hydrogens is 286 g/mol. The van der Waals surface area contributed by atoms with E-state index in [1.54, 1.807) is 0 Å². The molecule has 0 saturated carbocycles. The minimum absolute atomic E-state index is 0.0166. The molecule has 0 N–H and O–H groups in total. The van der Waals surface area contributed by atoms with Gasteiger partial charge in [-0.2, -0.15) is 0 Å². The quantitative estimate of drug-likeness (QED) is 0.848. The Balaban J connectivity index is 1.69. The highest BCUT2D eigenvalue weighted by Crippen LogP contribution is 2.28. The Kier molecular flexibility index (Phi) is 4.37. The van der Waals surface area contributed by atoms with E-state index in [1.807, 2.05) is 42.2 Å². The molecule has 1 unspecified atom stereocenters. The Morgan fingerprint density at radius 1 is 1.04 bits per heavy atom. The lowest BCUT2D eigenvalue weighted by atomic mass is 10.0. The van der Waals surface area contributed by atoms with Crippen LogP contribution in [0.3, 0.4) is 0 Å². The van der Waals surface area contributed by atoms with Gasteiger partial charge in [0.25, 0.3) is 5.91 Å². The van der Waals surface area contributed by atoms with Gasteiger partial charge >= 0.3 is 0 Å². The summed E-state index contributed by atoms with van der Waals surface area (Å²) in [6.07, 6.45) is 0.420. The average Bonchev–Trinajstić information content (AvgIpc) is 2.98. The first kappa shape index (κ1) is 15.6. The molecule has 0 spiro atoms. The van der Waals surface area contributed by atoms with Crippen molar-refractivity contribution in [3.63, 3.8) is 0 Å². The molecule has 0 radical (unpaired) electrons. The fourth-order valence-corrected chi connectivity index (χ4v) is 2.97. The maximum atomic E-state index is 12.7. The normalized spacial score (nSPS) is 14.7. The molecule has 0 aliphatic carbocycles. The number of para-hydroxylation sites is 1. The van der Waals surface area contributed by atoms with Gasteiger partial charge in [0.2, 0.25) is 0 Å². The Hall–Kier alpha value is -2.29. The number of amides is 1. The van der Waals surface area contributed by atoms with Crippen molar-refractivity contribution in [2.24, 2.45) is 0 Å². The standard InChI is InChI=1S/C20H23NO2/c1-14(2)16-8-10-18(11-9-16)23-15(3)20(22)21-13-12-17-6-4-5-7-19(17)21/h4-11,14-15H,12-13H2,1-3H3. The third kappa shape index (κ3) is 3.24. The lowest BCUT2D eigenvalue weighted by Crippen LogP contribution is -2.39. The molecule has 2 aromatic rings. The van der Waals surface area contributed by atoms with Crippen LogP contribution < -0.4 is 9.64 Å². The van der Waals surface area contributed by atoms with Crippen LogP contribution in [0.4, 0.5) is 5.69 Å². The molecule has 3 nitrogen and oxygen atoms in total. The molecule has 1 aliphatic heterocycles. The molecule has 2 aromatic carbocycles. The van der Waals surface area contributed by atoms with Crippen LogP contribution in [0, 0.1) is 0 Å². The van der Waals surface area contributed by atoms with Gasteiger partial charge in [-0.1, -0.05) is 44.2 Å². The van der Waals surface area contributed by atoms with Crippen molar-refractivity contribution >= 4 is 11.6 Å². The van der Waals surface area contributed by atoms with Crippen LogP contribution in [0.2, 0.25) is 0 Å². The van der Waals surface area contributed by atoms with E-state index in [-0.39, 0.29) is 5.91 Å². The molecule has 0 saturated heterocycles. The molecule has 0 bridgehead atoms. The third-order valence-corrected chi connectivity index (χ3v) is 4.36. The zero-order chi connectivity index (χ0) is 16.4. The maximum absolute atomic E-state index is 12.7. The van der Waals surface area contributed by atoms with Crippen molar-refractivity contribution in [3.8, 4) is 5.75 Å².